The van der Waals surface area contributed by atoms with E-state index in [1.807, 2.05) is 60.7 Å². The zero-order valence-corrected chi connectivity index (χ0v) is 36.6. The van der Waals surface area contributed by atoms with Crippen LogP contribution in [0.4, 0.5) is 11.4 Å². The van der Waals surface area contributed by atoms with E-state index in [1.54, 1.807) is 0 Å². The SMILES string of the molecule is Cc1cccc(C)c1[N-]C1CCCC2CCC(C(Cc3ccccc3)[N-]c3c(C(C)C)cccc3C(C)C)[N-]C21.[CH2-]c1ccccc1.[CH2-]c1ccccc1.[Zr]. The molecule has 0 aromatic heterocycles. The summed E-state index contributed by atoms with van der Waals surface area (Å²) in [5, 5.41) is 16.8. The Morgan fingerprint density at radius 1 is 0.600 bits per heavy atom. The molecular formula is C51H62N3Zr-5. The minimum Gasteiger partial charge on any atom is -0.682 e. The van der Waals surface area contributed by atoms with Crippen LogP contribution >= 0.6 is 0 Å². The summed E-state index contributed by atoms with van der Waals surface area (Å²) in [5.74, 6) is 1.51. The van der Waals surface area contributed by atoms with Crippen LogP contribution in [0.1, 0.15) is 111 Å². The normalized spacial score (nSPS) is 19.3. The van der Waals surface area contributed by atoms with E-state index >= 15 is 0 Å². The van der Waals surface area contributed by atoms with E-state index in [0.29, 0.717) is 23.8 Å². The van der Waals surface area contributed by atoms with Gasteiger partial charge in [-0.1, -0.05) is 167 Å². The molecule has 0 N–H and O–H groups in total. The molecule has 0 spiro atoms. The average Bonchev–Trinajstić information content (AvgIpc) is 3.17. The van der Waals surface area contributed by atoms with E-state index in [1.165, 1.54) is 58.5 Å². The monoisotopic (exact) mass is 806 g/mol. The van der Waals surface area contributed by atoms with Crippen molar-refractivity contribution in [2.45, 2.75) is 116 Å². The van der Waals surface area contributed by atoms with Gasteiger partial charge in [0.2, 0.25) is 0 Å². The first-order valence-corrected chi connectivity index (χ1v) is 20.2. The number of para-hydroxylation sites is 2. The molecule has 55 heavy (non-hydrogen) atoms. The Morgan fingerprint density at radius 3 is 1.60 bits per heavy atom. The van der Waals surface area contributed by atoms with Crippen molar-refractivity contribution in [2.75, 3.05) is 0 Å². The van der Waals surface area contributed by atoms with Gasteiger partial charge in [0.05, 0.1) is 0 Å². The predicted octanol–water partition coefficient (Wildman–Crippen LogP) is 14.7. The summed E-state index contributed by atoms with van der Waals surface area (Å²) in [7, 11) is 0. The van der Waals surface area contributed by atoms with Gasteiger partial charge in [-0.05, 0) is 37.7 Å². The van der Waals surface area contributed by atoms with Gasteiger partial charge in [0.1, 0.15) is 0 Å². The molecule has 5 aromatic carbocycles. The van der Waals surface area contributed by atoms with Crippen molar-refractivity contribution in [1.82, 2.24) is 0 Å². The molecule has 4 heteroatoms. The van der Waals surface area contributed by atoms with Gasteiger partial charge >= 0.3 is 0 Å². The predicted molar refractivity (Wildman–Crippen MR) is 234 cm³/mol. The fraction of sp³-hybridized carbons (Fsp3) is 0.373. The molecule has 2 fully saturated rings. The second-order valence-electron chi connectivity index (χ2n) is 15.9. The molecule has 5 aromatic rings. The maximum atomic E-state index is 5.69. The number of hydrogen-bond donors (Lipinski definition) is 0. The van der Waals surface area contributed by atoms with E-state index in [0.717, 1.165) is 30.4 Å². The second kappa shape index (κ2) is 22.1. The fourth-order valence-electron chi connectivity index (χ4n) is 7.98. The molecule has 3 nitrogen and oxygen atoms in total. The topological polar surface area (TPSA) is 42.3 Å². The molecule has 5 atom stereocenters. The van der Waals surface area contributed by atoms with Gasteiger partial charge in [0.15, 0.2) is 0 Å². The van der Waals surface area contributed by atoms with Crippen molar-refractivity contribution < 1.29 is 26.2 Å². The largest absolute Gasteiger partial charge is 0.682 e. The maximum Gasteiger partial charge on any atom is 0 e. The van der Waals surface area contributed by atoms with E-state index in [4.69, 9.17) is 16.0 Å². The Hall–Kier alpha value is -3.72. The summed E-state index contributed by atoms with van der Waals surface area (Å²) in [6, 6.07) is 44.9. The van der Waals surface area contributed by atoms with Crippen LogP contribution in [-0.4, -0.2) is 24.2 Å². The van der Waals surface area contributed by atoms with Crippen molar-refractivity contribution in [2.24, 2.45) is 5.92 Å². The smallest absolute Gasteiger partial charge is 0 e. The Balaban J connectivity index is 0.000000374. The number of aryl methyl sites for hydroxylation is 2. The van der Waals surface area contributed by atoms with Crippen LogP contribution in [-0.2, 0) is 32.6 Å². The van der Waals surface area contributed by atoms with E-state index < -0.39 is 0 Å². The van der Waals surface area contributed by atoms with Crippen LogP contribution < -0.4 is 0 Å². The fourth-order valence-corrected chi connectivity index (χ4v) is 7.98. The van der Waals surface area contributed by atoms with Crippen LogP contribution in [0.3, 0.4) is 0 Å². The number of rotatable bonds is 9. The Kier molecular flexibility index (Phi) is 17.7. The molecular weight excluding hydrogens is 746 g/mol. The zero-order chi connectivity index (χ0) is 38.5. The van der Waals surface area contributed by atoms with Gasteiger partial charge in [-0.25, -0.2) is 0 Å². The van der Waals surface area contributed by atoms with Crippen LogP contribution in [0, 0.1) is 33.6 Å². The summed E-state index contributed by atoms with van der Waals surface area (Å²) in [5.41, 5.74) is 11.2. The molecule has 1 aliphatic carbocycles. The third-order valence-corrected chi connectivity index (χ3v) is 10.9. The Labute approximate surface area is 353 Å². The van der Waals surface area contributed by atoms with E-state index in [9.17, 15) is 0 Å². The summed E-state index contributed by atoms with van der Waals surface area (Å²) in [6.45, 7) is 21.0. The zero-order valence-electron chi connectivity index (χ0n) is 34.2. The average molecular weight is 808 g/mol. The van der Waals surface area contributed by atoms with Gasteiger partial charge < -0.3 is 16.0 Å². The van der Waals surface area contributed by atoms with Crippen molar-refractivity contribution >= 4 is 11.4 Å². The quantitative estimate of drug-likeness (QED) is 0.133. The Bertz CT molecular complexity index is 1740. The van der Waals surface area contributed by atoms with Crippen LogP contribution in [0.15, 0.2) is 127 Å². The van der Waals surface area contributed by atoms with Crippen LogP contribution in [0.25, 0.3) is 16.0 Å². The first kappa shape index (κ1) is 44.0. The first-order valence-electron chi connectivity index (χ1n) is 20.2. The van der Waals surface area contributed by atoms with Gasteiger partial charge in [0, 0.05) is 26.2 Å². The molecule has 0 bridgehead atoms. The molecule has 0 radical (unpaired) electrons. The number of hydrogen-bond acceptors (Lipinski definition) is 0. The van der Waals surface area contributed by atoms with E-state index in [2.05, 4.69) is 122 Å². The number of nitrogens with zero attached hydrogens (tertiary/aromatic N) is 3. The molecule has 7 rings (SSSR count). The van der Waals surface area contributed by atoms with Gasteiger partial charge in [-0.15, -0.1) is 59.8 Å². The van der Waals surface area contributed by atoms with Crippen molar-refractivity contribution in [1.29, 1.82) is 0 Å². The molecule has 2 aliphatic rings. The standard InChI is InChI=1S/C37H48N3.2C7H7.Zr/c1-24(2)30-18-12-19-31(25(3)4)37(30)40-34(23-28-15-8-7-9-16-28)32-22-21-29-17-11-20-33(36(29)38-32)39-35-26(5)13-10-14-27(35)6;2*1-7-5-3-2-4-6-7;/h7-10,12-16,18-19,24-25,29,32-34,36H,11,17,20-23H2,1-6H3;2*2-6H,1H2;/q-3;2*-1;. The van der Waals surface area contributed by atoms with Crippen molar-refractivity contribution in [3.05, 3.63) is 196 Å². The summed E-state index contributed by atoms with van der Waals surface area (Å²) in [4.78, 5) is 0. The first-order chi connectivity index (χ1) is 26.1. The molecule has 1 saturated heterocycles. The van der Waals surface area contributed by atoms with Gasteiger partial charge in [-0.3, -0.25) is 0 Å². The summed E-state index contributed by atoms with van der Waals surface area (Å²) in [6.07, 6.45) is 6.97. The van der Waals surface area contributed by atoms with Crippen LogP contribution in [0.2, 0.25) is 0 Å². The van der Waals surface area contributed by atoms with Gasteiger partial charge in [-0.2, -0.15) is 49.2 Å². The molecule has 1 saturated carbocycles. The van der Waals surface area contributed by atoms with E-state index in [-0.39, 0.29) is 44.3 Å². The third-order valence-electron chi connectivity index (χ3n) is 10.9. The molecule has 1 aliphatic heterocycles. The molecule has 5 unspecified atom stereocenters. The second-order valence-corrected chi connectivity index (χ2v) is 15.9. The van der Waals surface area contributed by atoms with Gasteiger partial charge in [0.25, 0.3) is 0 Å². The molecule has 1 heterocycles. The third kappa shape index (κ3) is 12.9. The number of piperidine rings is 1. The van der Waals surface area contributed by atoms with Crippen molar-refractivity contribution in [3.8, 4) is 0 Å². The number of benzene rings is 5. The summed E-state index contributed by atoms with van der Waals surface area (Å²) < 4.78 is 0. The van der Waals surface area contributed by atoms with Crippen LogP contribution in [0.5, 0.6) is 0 Å². The number of fused-ring (bicyclic) bond motifs is 1. The summed E-state index contributed by atoms with van der Waals surface area (Å²) >= 11 is 0. The maximum absolute atomic E-state index is 5.69. The Morgan fingerprint density at radius 2 is 1.11 bits per heavy atom. The minimum absolute atomic E-state index is 0. The molecule has 0 amide bonds. The minimum atomic E-state index is 0. The molecule has 290 valence electrons. The van der Waals surface area contributed by atoms with Crippen molar-refractivity contribution in [3.63, 3.8) is 0 Å².